The van der Waals surface area contributed by atoms with Crippen LogP contribution in [-0.4, -0.2) is 25.6 Å². The van der Waals surface area contributed by atoms with Gasteiger partial charge in [0.2, 0.25) is 0 Å². The van der Waals surface area contributed by atoms with Gasteiger partial charge < -0.3 is 14.6 Å². The molecule has 0 spiro atoms. The molecule has 1 atom stereocenters. The lowest BCUT2D eigenvalue weighted by molar-refractivity contribution is -0.0291. The summed E-state index contributed by atoms with van der Waals surface area (Å²) in [6.45, 7) is 0.908. The molecule has 22 heavy (non-hydrogen) atoms. The minimum absolute atomic E-state index is 0.304. The monoisotopic (exact) mass is 384 g/mol. The minimum atomic E-state index is -0.746. The van der Waals surface area contributed by atoms with Crippen molar-refractivity contribution in [3.05, 3.63) is 68.7 Å². The number of halogens is 2. The summed E-state index contributed by atoms with van der Waals surface area (Å²) in [6.07, 6.45) is 0.0565. The van der Waals surface area contributed by atoms with Gasteiger partial charge in [0.15, 0.2) is 0 Å². The van der Waals surface area contributed by atoms with Gasteiger partial charge in [0.05, 0.1) is 6.61 Å². The summed E-state index contributed by atoms with van der Waals surface area (Å²) in [5.41, 5.74) is 2.64. The maximum atomic E-state index is 10.5. The Morgan fingerprint density at radius 2 is 1.91 bits per heavy atom. The molecule has 0 bridgehead atoms. The van der Waals surface area contributed by atoms with Crippen molar-refractivity contribution < 1.29 is 14.6 Å². The Morgan fingerprint density at radius 3 is 2.59 bits per heavy atom. The van der Waals surface area contributed by atoms with Crippen LogP contribution in [0.3, 0.4) is 0 Å². The first-order valence-electron chi connectivity index (χ1n) is 6.90. The molecular formula is C17H18BrClO3. The minimum Gasteiger partial charge on any atom is -0.384 e. The molecule has 0 unspecified atom stereocenters. The molecule has 0 heterocycles. The van der Waals surface area contributed by atoms with Gasteiger partial charge in [-0.2, -0.15) is 0 Å². The van der Waals surface area contributed by atoms with Crippen molar-refractivity contribution in [3.63, 3.8) is 0 Å². The summed E-state index contributed by atoms with van der Waals surface area (Å²) in [5.74, 6) is 0. The highest BCUT2D eigenvalue weighted by Crippen LogP contribution is 2.30. The van der Waals surface area contributed by atoms with Crippen LogP contribution < -0.4 is 0 Å². The van der Waals surface area contributed by atoms with E-state index >= 15 is 0 Å². The Bertz CT molecular complexity index is 601. The van der Waals surface area contributed by atoms with E-state index in [2.05, 4.69) is 15.9 Å². The van der Waals surface area contributed by atoms with E-state index in [9.17, 15) is 5.11 Å². The molecule has 2 aromatic rings. The summed E-state index contributed by atoms with van der Waals surface area (Å²) in [6, 6.07) is 13.2. The lowest BCUT2D eigenvalue weighted by Gasteiger charge is -2.14. The average molecular weight is 386 g/mol. The zero-order chi connectivity index (χ0) is 15.9. The summed E-state index contributed by atoms with van der Waals surface area (Å²) in [4.78, 5) is 0. The molecule has 2 aromatic carbocycles. The van der Waals surface area contributed by atoms with E-state index < -0.39 is 6.10 Å². The third kappa shape index (κ3) is 4.80. The van der Waals surface area contributed by atoms with Crippen molar-refractivity contribution in [1.29, 1.82) is 0 Å². The lowest BCUT2D eigenvalue weighted by atomic mass is 10.00. The van der Waals surface area contributed by atoms with Gasteiger partial charge in [-0.15, -0.1) is 0 Å². The fourth-order valence-corrected chi connectivity index (χ4v) is 2.70. The molecule has 3 nitrogen and oxygen atoms in total. The smallest absolute Gasteiger partial charge is 0.146 e. The second kappa shape index (κ2) is 8.65. The predicted molar refractivity (Wildman–Crippen MR) is 91.2 cm³/mol. The van der Waals surface area contributed by atoms with Gasteiger partial charge in [-0.05, 0) is 35.7 Å². The third-order valence-corrected chi connectivity index (χ3v) is 4.12. The van der Waals surface area contributed by atoms with Crippen LogP contribution in [0, 0.1) is 0 Å². The quantitative estimate of drug-likeness (QED) is 0.569. The number of hydrogen-bond donors (Lipinski definition) is 1. The largest absolute Gasteiger partial charge is 0.384 e. The number of benzene rings is 2. The van der Waals surface area contributed by atoms with Gasteiger partial charge in [-0.1, -0.05) is 51.8 Å². The van der Waals surface area contributed by atoms with Gasteiger partial charge >= 0.3 is 0 Å². The normalized spacial score (nSPS) is 12.4. The van der Waals surface area contributed by atoms with E-state index in [0.717, 1.165) is 22.0 Å². The lowest BCUT2D eigenvalue weighted by Crippen LogP contribution is -2.03. The summed E-state index contributed by atoms with van der Waals surface area (Å²) < 4.78 is 11.0. The number of ether oxygens (including phenoxy) is 2. The van der Waals surface area contributed by atoms with Crippen molar-refractivity contribution in [1.82, 2.24) is 0 Å². The molecule has 0 radical (unpaired) electrons. The topological polar surface area (TPSA) is 38.7 Å². The fraction of sp³-hybridized carbons (Fsp3) is 0.294. The zero-order valence-electron chi connectivity index (χ0n) is 12.3. The van der Waals surface area contributed by atoms with Crippen LogP contribution in [0.5, 0.6) is 0 Å². The van der Waals surface area contributed by atoms with E-state index in [4.69, 9.17) is 21.1 Å². The molecule has 0 aliphatic rings. The SMILES string of the molecule is COCOCCc1ccc([C@@H](O)c2cc(Br)ccc2Cl)cc1. The Hall–Kier alpha value is -0.910. The maximum Gasteiger partial charge on any atom is 0.146 e. The molecule has 0 saturated heterocycles. The van der Waals surface area contributed by atoms with Gasteiger partial charge in [-0.25, -0.2) is 0 Å². The van der Waals surface area contributed by atoms with Crippen molar-refractivity contribution in [3.8, 4) is 0 Å². The number of aliphatic hydroxyl groups excluding tert-OH is 1. The predicted octanol–water partition coefficient (Wildman–Crippen LogP) is 4.35. The highest BCUT2D eigenvalue weighted by Gasteiger charge is 2.14. The van der Waals surface area contributed by atoms with Gasteiger partial charge in [0, 0.05) is 22.2 Å². The molecule has 0 aliphatic carbocycles. The fourth-order valence-electron chi connectivity index (χ4n) is 2.10. The first-order valence-corrected chi connectivity index (χ1v) is 8.07. The Kier molecular flexibility index (Phi) is 6.86. The van der Waals surface area contributed by atoms with Crippen LogP contribution in [0.15, 0.2) is 46.9 Å². The van der Waals surface area contributed by atoms with Crippen LogP contribution in [0.2, 0.25) is 5.02 Å². The Morgan fingerprint density at radius 1 is 1.18 bits per heavy atom. The number of rotatable bonds is 7. The van der Waals surface area contributed by atoms with E-state index in [1.807, 2.05) is 36.4 Å². The molecule has 1 N–H and O–H groups in total. The first kappa shape index (κ1) is 17.4. The molecular weight excluding hydrogens is 368 g/mol. The second-order valence-electron chi connectivity index (χ2n) is 4.87. The molecule has 2 rings (SSSR count). The average Bonchev–Trinajstić information content (AvgIpc) is 2.54. The zero-order valence-corrected chi connectivity index (χ0v) is 14.6. The van der Waals surface area contributed by atoms with Crippen molar-refractivity contribution >= 4 is 27.5 Å². The van der Waals surface area contributed by atoms with E-state index in [1.54, 1.807) is 13.2 Å². The molecule has 0 aromatic heterocycles. The van der Waals surface area contributed by atoms with E-state index in [-0.39, 0.29) is 0 Å². The van der Waals surface area contributed by atoms with Crippen LogP contribution >= 0.6 is 27.5 Å². The van der Waals surface area contributed by atoms with Crippen molar-refractivity contribution in [2.24, 2.45) is 0 Å². The molecule has 0 fully saturated rings. The summed E-state index contributed by atoms with van der Waals surface area (Å²) in [5, 5.41) is 11.0. The molecule has 118 valence electrons. The van der Waals surface area contributed by atoms with Gasteiger partial charge in [-0.3, -0.25) is 0 Å². The summed E-state index contributed by atoms with van der Waals surface area (Å²) in [7, 11) is 1.60. The van der Waals surface area contributed by atoms with Crippen LogP contribution in [0.25, 0.3) is 0 Å². The third-order valence-electron chi connectivity index (χ3n) is 3.28. The van der Waals surface area contributed by atoms with Crippen LogP contribution in [0.1, 0.15) is 22.8 Å². The molecule has 0 aliphatic heterocycles. The molecule has 0 amide bonds. The van der Waals surface area contributed by atoms with E-state index in [1.165, 1.54) is 0 Å². The number of hydrogen-bond acceptors (Lipinski definition) is 3. The highest BCUT2D eigenvalue weighted by molar-refractivity contribution is 9.10. The molecule has 0 saturated carbocycles. The van der Waals surface area contributed by atoms with Crippen LogP contribution in [-0.2, 0) is 15.9 Å². The maximum absolute atomic E-state index is 10.5. The van der Waals surface area contributed by atoms with Crippen LogP contribution in [0.4, 0.5) is 0 Å². The molecule has 5 heteroatoms. The van der Waals surface area contributed by atoms with Gasteiger partial charge in [0.1, 0.15) is 12.9 Å². The summed E-state index contributed by atoms with van der Waals surface area (Å²) >= 11 is 9.56. The van der Waals surface area contributed by atoms with Crippen molar-refractivity contribution in [2.75, 3.05) is 20.5 Å². The Labute approximate surface area is 144 Å². The first-order chi connectivity index (χ1) is 10.6. The highest BCUT2D eigenvalue weighted by atomic mass is 79.9. The number of aliphatic hydroxyl groups is 1. The number of methoxy groups -OCH3 is 1. The second-order valence-corrected chi connectivity index (χ2v) is 6.20. The van der Waals surface area contributed by atoms with E-state index in [0.29, 0.717) is 24.0 Å². The Balaban J connectivity index is 2.04. The van der Waals surface area contributed by atoms with Gasteiger partial charge in [0.25, 0.3) is 0 Å². The van der Waals surface area contributed by atoms with Crippen molar-refractivity contribution in [2.45, 2.75) is 12.5 Å². The standard InChI is InChI=1S/C17H18BrClO3/c1-21-11-22-9-8-12-2-4-13(5-3-12)17(20)15-10-14(18)6-7-16(15)19/h2-7,10,17,20H,8-9,11H2,1H3/t17-/m1/s1.